The summed E-state index contributed by atoms with van der Waals surface area (Å²) in [4.78, 5) is 12.0. The Morgan fingerprint density at radius 2 is 2.00 bits per heavy atom. The molecular weight excluding hydrogens is 306 g/mol. The standard InChI is InChI=1S/C18H23N3O3/c1-12-16(13(2)24-21-12)10-20-18(22)19-9-15-5-3-4-6-17(15)23-11-14-7-8-14/h3-6,14H,7-11H2,1-2H3,(H2,19,20,22). The van der Waals surface area contributed by atoms with Crippen LogP contribution in [0.4, 0.5) is 4.79 Å². The lowest BCUT2D eigenvalue weighted by atomic mass is 10.2. The number of carbonyl (C=O) groups excluding carboxylic acids is 1. The number of hydrogen-bond acceptors (Lipinski definition) is 4. The first kappa shape index (κ1) is 16.4. The van der Waals surface area contributed by atoms with Crippen LogP contribution in [0, 0.1) is 19.8 Å². The van der Waals surface area contributed by atoms with Crippen molar-refractivity contribution in [3.05, 3.63) is 46.8 Å². The molecule has 1 heterocycles. The molecule has 0 saturated heterocycles. The van der Waals surface area contributed by atoms with Crippen LogP contribution >= 0.6 is 0 Å². The minimum Gasteiger partial charge on any atom is -0.493 e. The predicted octanol–water partition coefficient (Wildman–Crippen LogP) is 3.08. The van der Waals surface area contributed by atoms with Gasteiger partial charge in [-0.1, -0.05) is 23.4 Å². The Balaban J connectivity index is 1.49. The molecule has 0 atom stereocenters. The van der Waals surface area contributed by atoms with Gasteiger partial charge in [-0.2, -0.15) is 0 Å². The highest BCUT2D eigenvalue weighted by Gasteiger charge is 2.22. The molecular formula is C18H23N3O3. The molecule has 128 valence electrons. The number of hydrogen-bond donors (Lipinski definition) is 2. The van der Waals surface area contributed by atoms with Crippen molar-refractivity contribution in [1.29, 1.82) is 0 Å². The molecule has 2 amide bonds. The summed E-state index contributed by atoms with van der Waals surface area (Å²) >= 11 is 0. The molecule has 0 radical (unpaired) electrons. The van der Waals surface area contributed by atoms with Crippen molar-refractivity contribution in [1.82, 2.24) is 15.8 Å². The van der Waals surface area contributed by atoms with E-state index in [1.54, 1.807) is 0 Å². The molecule has 1 aromatic carbocycles. The van der Waals surface area contributed by atoms with Gasteiger partial charge in [0.1, 0.15) is 11.5 Å². The highest BCUT2D eigenvalue weighted by molar-refractivity contribution is 5.74. The normalized spacial score (nSPS) is 13.6. The first-order valence-corrected chi connectivity index (χ1v) is 8.27. The van der Waals surface area contributed by atoms with Crippen molar-refractivity contribution >= 4 is 6.03 Å². The van der Waals surface area contributed by atoms with Crippen molar-refractivity contribution in [3.63, 3.8) is 0 Å². The Morgan fingerprint density at radius 1 is 1.25 bits per heavy atom. The number of carbonyl (C=O) groups is 1. The van der Waals surface area contributed by atoms with Gasteiger partial charge in [0, 0.05) is 24.2 Å². The van der Waals surface area contributed by atoms with Crippen LogP contribution < -0.4 is 15.4 Å². The molecule has 1 aromatic heterocycles. The molecule has 0 spiro atoms. The molecule has 6 heteroatoms. The molecule has 1 saturated carbocycles. The quantitative estimate of drug-likeness (QED) is 0.818. The Kier molecular flexibility index (Phi) is 5.03. The fourth-order valence-electron chi connectivity index (χ4n) is 2.44. The zero-order chi connectivity index (χ0) is 16.9. The van der Waals surface area contributed by atoms with Crippen molar-refractivity contribution < 1.29 is 14.1 Å². The van der Waals surface area contributed by atoms with Gasteiger partial charge in [0.2, 0.25) is 0 Å². The summed E-state index contributed by atoms with van der Waals surface area (Å²) in [5.74, 6) is 2.27. The average Bonchev–Trinajstić information content (AvgIpc) is 3.36. The SMILES string of the molecule is Cc1noc(C)c1CNC(=O)NCc1ccccc1OCC1CC1. The molecule has 2 N–H and O–H groups in total. The number of rotatable bonds is 7. The smallest absolute Gasteiger partial charge is 0.315 e. The van der Waals surface area contributed by atoms with Gasteiger partial charge in [-0.3, -0.25) is 0 Å². The predicted molar refractivity (Wildman–Crippen MR) is 89.7 cm³/mol. The van der Waals surface area contributed by atoms with E-state index in [9.17, 15) is 4.79 Å². The molecule has 3 rings (SSSR count). The molecule has 0 unspecified atom stereocenters. The molecule has 0 aliphatic heterocycles. The zero-order valence-corrected chi connectivity index (χ0v) is 14.1. The Labute approximate surface area is 141 Å². The highest BCUT2D eigenvalue weighted by Crippen LogP contribution is 2.30. The highest BCUT2D eigenvalue weighted by atomic mass is 16.5. The second-order valence-electron chi connectivity index (χ2n) is 6.20. The van der Waals surface area contributed by atoms with Crippen LogP contribution in [0.25, 0.3) is 0 Å². The molecule has 1 aliphatic rings. The maximum Gasteiger partial charge on any atom is 0.315 e. The van der Waals surface area contributed by atoms with Crippen molar-refractivity contribution in [2.45, 2.75) is 39.8 Å². The van der Waals surface area contributed by atoms with Gasteiger partial charge in [-0.25, -0.2) is 4.79 Å². The second kappa shape index (κ2) is 7.38. The molecule has 2 aromatic rings. The minimum absolute atomic E-state index is 0.230. The van der Waals surface area contributed by atoms with Crippen LogP contribution in [0.3, 0.4) is 0 Å². The molecule has 6 nitrogen and oxygen atoms in total. The van der Waals surface area contributed by atoms with E-state index in [4.69, 9.17) is 9.26 Å². The van der Waals surface area contributed by atoms with E-state index in [2.05, 4.69) is 15.8 Å². The summed E-state index contributed by atoms with van der Waals surface area (Å²) in [7, 11) is 0. The fourth-order valence-corrected chi connectivity index (χ4v) is 2.44. The molecule has 24 heavy (non-hydrogen) atoms. The van der Waals surface area contributed by atoms with E-state index in [1.165, 1.54) is 12.8 Å². The van der Waals surface area contributed by atoms with Gasteiger partial charge in [-0.05, 0) is 38.7 Å². The lowest BCUT2D eigenvalue weighted by Gasteiger charge is -2.12. The van der Waals surface area contributed by atoms with Gasteiger partial charge in [0.05, 0.1) is 12.3 Å². The third-order valence-corrected chi connectivity index (χ3v) is 4.19. The number of aryl methyl sites for hydroxylation is 2. The van der Waals surface area contributed by atoms with Crippen LogP contribution in [0.1, 0.15) is 35.4 Å². The van der Waals surface area contributed by atoms with Crippen LogP contribution in [0.2, 0.25) is 0 Å². The average molecular weight is 329 g/mol. The first-order chi connectivity index (χ1) is 11.6. The number of nitrogens with zero attached hydrogens (tertiary/aromatic N) is 1. The maximum atomic E-state index is 12.0. The van der Waals surface area contributed by atoms with Gasteiger partial charge < -0.3 is 19.9 Å². The van der Waals surface area contributed by atoms with Crippen LogP contribution in [0.15, 0.2) is 28.8 Å². The van der Waals surface area contributed by atoms with Gasteiger partial charge >= 0.3 is 6.03 Å². The second-order valence-corrected chi connectivity index (χ2v) is 6.20. The topological polar surface area (TPSA) is 76.4 Å². The summed E-state index contributed by atoms with van der Waals surface area (Å²) in [6, 6.07) is 7.58. The van der Waals surface area contributed by atoms with Gasteiger partial charge in [0.15, 0.2) is 0 Å². The number of aromatic nitrogens is 1. The van der Waals surface area contributed by atoms with E-state index in [-0.39, 0.29) is 6.03 Å². The number of ether oxygens (including phenoxy) is 1. The van der Waals surface area contributed by atoms with E-state index in [0.717, 1.165) is 34.9 Å². The van der Waals surface area contributed by atoms with E-state index in [0.29, 0.717) is 19.0 Å². The summed E-state index contributed by atoms with van der Waals surface area (Å²) < 4.78 is 10.9. The van der Waals surface area contributed by atoms with Crippen LogP contribution in [-0.4, -0.2) is 17.8 Å². The third-order valence-electron chi connectivity index (χ3n) is 4.19. The number of para-hydroxylation sites is 1. The number of nitrogens with one attached hydrogen (secondary N) is 2. The van der Waals surface area contributed by atoms with E-state index < -0.39 is 0 Å². The van der Waals surface area contributed by atoms with Crippen LogP contribution in [0.5, 0.6) is 5.75 Å². The van der Waals surface area contributed by atoms with Crippen molar-refractivity contribution in [3.8, 4) is 5.75 Å². The summed E-state index contributed by atoms with van der Waals surface area (Å²) in [6.45, 7) is 5.28. The molecule has 1 aliphatic carbocycles. The minimum atomic E-state index is -0.230. The number of urea groups is 1. The van der Waals surface area contributed by atoms with Gasteiger partial charge in [0.25, 0.3) is 0 Å². The van der Waals surface area contributed by atoms with E-state index in [1.807, 2.05) is 38.1 Å². The van der Waals surface area contributed by atoms with E-state index >= 15 is 0 Å². The third kappa shape index (κ3) is 4.28. The molecule has 0 bridgehead atoms. The number of benzene rings is 1. The summed E-state index contributed by atoms with van der Waals surface area (Å²) in [6.07, 6.45) is 2.51. The molecule has 1 fully saturated rings. The monoisotopic (exact) mass is 329 g/mol. The Morgan fingerprint density at radius 3 is 2.71 bits per heavy atom. The Bertz CT molecular complexity index is 688. The first-order valence-electron chi connectivity index (χ1n) is 8.27. The van der Waals surface area contributed by atoms with Crippen molar-refractivity contribution in [2.24, 2.45) is 5.92 Å². The fraction of sp³-hybridized carbons (Fsp3) is 0.444. The lowest BCUT2D eigenvalue weighted by Crippen LogP contribution is -2.34. The van der Waals surface area contributed by atoms with Crippen LogP contribution in [-0.2, 0) is 13.1 Å². The largest absolute Gasteiger partial charge is 0.493 e. The maximum absolute atomic E-state index is 12.0. The zero-order valence-electron chi connectivity index (χ0n) is 14.1. The summed E-state index contributed by atoms with van der Waals surface area (Å²) in [5, 5.41) is 9.56. The van der Waals surface area contributed by atoms with Gasteiger partial charge in [-0.15, -0.1) is 0 Å². The number of amides is 2. The Hall–Kier alpha value is -2.50. The lowest BCUT2D eigenvalue weighted by molar-refractivity contribution is 0.239. The summed E-state index contributed by atoms with van der Waals surface area (Å²) in [5.41, 5.74) is 2.69. The van der Waals surface area contributed by atoms with Crippen molar-refractivity contribution in [2.75, 3.05) is 6.61 Å².